The van der Waals surface area contributed by atoms with Crippen molar-refractivity contribution in [2.24, 2.45) is 0 Å². The van der Waals surface area contributed by atoms with Gasteiger partial charge in [-0.2, -0.15) is 11.8 Å². The molecule has 0 saturated carbocycles. The monoisotopic (exact) mass is 333 g/mol. The predicted octanol–water partition coefficient (Wildman–Crippen LogP) is 0.852. The van der Waals surface area contributed by atoms with Crippen molar-refractivity contribution < 1.29 is 23.0 Å². The summed E-state index contributed by atoms with van der Waals surface area (Å²) in [6.45, 7) is 1.41. The normalized spacial score (nSPS) is 14.1. The zero-order valence-corrected chi connectivity index (χ0v) is 13.2. The molecule has 118 valence electrons. The van der Waals surface area contributed by atoms with Gasteiger partial charge in [0.15, 0.2) is 11.5 Å². The van der Waals surface area contributed by atoms with Crippen LogP contribution in [-0.2, 0) is 10.0 Å². The Balaban J connectivity index is 1.90. The van der Waals surface area contributed by atoms with Crippen molar-refractivity contribution in [1.29, 1.82) is 0 Å². The average molecular weight is 333 g/mol. The Hall–Kier alpha value is -0.960. The number of thioether (sulfide) groups is 1. The first kappa shape index (κ1) is 16.4. The number of aliphatic hydroxyl groups excluding tert-OH is 1. The standard InChI is InChI=1S/C13H19NO5S2/c15-5-1-8-20-9-4-14-21(16,17)11-2-3-12-13(10-11)19-7-6-18-12/h2-3,10,14-15H,1,4-9H2. The van der Waals surface area contributed by atoms with Gasteiger partial charge in [0.1, 0.15) is 13.2 Å². The molecule has 0 atom stereocenters. The zero-order chi connectivity index (χ0) is 15.1. The number of nitrogens with one attached hydrogen (secondary N) is 1. The van der Waals surface area contributed by atoms with E-state index in [1.807, 2.05) is 0 Å². The van der Waals surface area contributed by atoms with Gasteiger partial charge in [0.05, 0.1) is 4.90 Å². The zero-order valence-electron chi connectivity index (χ0n) is 11.6. The molecule has 0 fully saturated rings. The van der Waals surface area contributed by atoms with Crippen LogP contribution in [0.15, 0.2) is 23.1 Å². The molecule has 8 heteroatoms. The van der Waals surface area contributed by atoms with Crippen molar-refractivity contribution >= 4 is 21.8 Å². The van der Waals surface area contributed by atoms with E-state index in [-0.39, 0.29) is 11.5 Å². The van der Waals surface area contributed by atoms with E-state index in [1.165, 1.54) is 12.1 Å². The minimum absolute atomic E-state index is 0.163. The van der Waals surface area contributed by atoms with E-state index in [9.17, 15) is 8.42 Å². The summed E-state index contributed by atoms with van der Waals surface area (Å²) >= 11 is 1.60. The Morgan fingerprint density at radius 3 is 2.71 bits per heavy atom. The van der Waals surface area contributed by atoms with Gasteiger partial charge in [0, 0.05) is 25.0 Å². The second-order valence-electron chi connectivity index (χ2n) is 4.39. The van der Waals surface area contributed by atoms with Gasteiger partial charge < -0.3 is 14.6 Å². The summed E-state index contributed by atoms with van der Waals surface area (Å²) in [6.07, 6.45) is 0.722. The first-order chi connectivity index (χ1) is 10.1. The molecule has 2 rings (SSSR count). The quantitative estimate of drug-likeness (QED) is 0.686. The highest BCUT2D eigenvalue weighted by molar-refractivity contribution is 7.99. The summed E-state index contributed by atoms with van der Waals surface area (Å²) in [5.74, 6) is 2.52. The largest absolute Gasteiger partial charge is 0.486 e. The summed E-state index contributed by atoms with van der Waals surface area (Å²) in [7, 11) is -3.53. The Labute approximate surface area is 128 Å². The first-order valence-electron chi connectivity index (χ1n) is 6.71. The van der Waals surface area contributed by atoms with Crippen LogP contribution >= 0.6 is 11.8 Å². The number of ether oxygens (including phenoxy) is 2. The summed E-state index contributed by atoms with van der Waals surface area (Å²) in [6, 6.07) is 4.60. The minimum Gasteiger partial charge on any atom is -0.486 e. The van der Waals surface area contributed by atoms with E-state index in [2.05, 4.69) is 4.72 Å². The molecule has 0 saturated heterocycles. The average Bonchev–Trinajstić information content (AvgIpc) is 2.50. The molecular weight excluding hydrogens is 314 g/mol. The number of rotatable bonds is 8. The van der Waals surface area contributed by atoms with E-state index >= 15 is 0 Å². The van der Waals surface area contributed by atoms with Gasteiger partial charge in [0.25, 0.3) is 0 Å². The number of fused-ring (bicyclic) bond motifs is 1. The van der Waals surface area contributed by atoms with Crippen molar-refractivity contribution in [2.45, 2.75) is 11.3 Å². The van der Waals surface area contributed by atoms with Gasteiger partial charge in [-0.1, -0.05) is 0 Å². The molecule has 1 aliphatic rings. The molecule has 6 nitrogen and oxygen atoms in total. The fourth-order valence-electron chi connectivity index (χ4n) is 1.79. The molecule has 1 aliphatic heterocycles. The van der Waals surface area contributed by atoms with Crippen LogP contribution in [0.25, 0.3) is 0 Å². The maximum Gasteiger partial charge on any atom is 0.240 e. The molecule has 0 aliphatic carbocycles. The topological polar surface area (TPSA) is 84.9 Å². The molecule has 2 N–H and O–H groups in total. The van der Waals surface area contributed by atoms with Crippen LogP contribution in [0.3, 0.4) is 0 Å². The van der Waals surface area contributed by atoms with Crippen LogP contribution in [0.1, 0.15) is 6.42 Å². The predicted molar refractivity (Wildman–Crippen MR) is 81.6 cm³/mol. The second kappa shape index (κ2) is 7.88. The van der Waals surface area contributed by atoms with Crippen LogP contribution < -0.4 is 14.2 Å². The second-order valence-corrected chi connectivity index (χ2v) is 7.38. The van der Waals surface area contributed by atoms with E-state index in [4.69, 9.17) is 14.6 Å². The number of benzene rings is 1. The van der Waals surface area contributed by atoms with E-state index in [1.54, 1.807) is 17.8 Å². The fraction of sp³-hybridized carbons (Fsp3) is 0.538. The summed E-state index contributed by atoms with van der Waals surface area (Å²) in [4.78, 5) is 0.173. The van der Waals surface area contributed by atoms with Gasteiger partial charge in [-0.15, -0.1) is 0 Å². The van der Waals surface area contributed by atoms with Gasteiger partial charge in [0.2, 0.25) is 10.0 Å². The van der Waals surface area contributed by atoms with E-state index in [0.29, 0.717) is 37.0 Å². The third-order valence-electron chi connectivity index (χ3n) is 2.81. The lowest BCUT2D eigenvalue weighted by molar-refractivity contribution is 0.171. The van der Waals surface area contributed by atoms with Crippen LogP contribution in [0, 0.1) is 0 Å². The molecule has 0 amide bonds. The molecular formula is C13H19NO5S2. The molecule has 1 heterocycles. The van der Waals surface area contributed by atoms with Crippen molar-refractivity contribution in [2.75, 3.05) is 37.9 Å². The highest BCUT2D eigenvalue weighted by Gasteiger charge is 2.18. The third kappa shape index (κ3) is 4.77. The van der Waals surface area contributed by atoms with Gasteiger partial charge in [-0.3, -0.25) is 0 Å². The maximum absolute atomic E-state index is 12.2. The molecule has 0 radical (unpaired) electrons. The summed E-state index contributed by atoms with van der Waals surface area (Å²) in [5.41, 5.74) is 0. The van der Waals surface area contributed by atoms with Crippen LogP contribution in [0.5, 0.6) is 11.5 Å². The highest BCUT2D eigenvalue weighted by atomic mass is 32.2. The van der Waals surface area contributed by atoms with Crippen molar-refractivity contribution in [3.8, 4) is 11.5 Å². The molecule has 0 unspecified atom stereocenters. The first-order valence-corrected chi connectivity index (χ1v) is 9.35. The van der Waals surface area contributed by atoms with Crippen molar-refractivity contribution in [3.05, 3.63) is 18.2 Å². The van der Waals surface area contributed by atoms with Crippen LogP contribution in [0.2, 0.25) is 0 Å². The highest BCUT2D eigenvalue weighted by Crippen LogP contribution is 2.32. The number of hydrogen-bond donors (Lipinski definition) is 2. The lowest BCUT2D eigenvalue weighted by atomic mass is 10.3. The Kier molecular flexibility index (Phi) is 6.16. The molecule has 21 heavy (non-hydrogen) atoms. The van der Waals surface area contributed by atoms with Gasteiger partial charge in [-0.25, -0.2) is 13.1 Å². The SMILES string of the molecule is O=S(=O)(NCCSCCCO)c1ccc2c(c1)OCCO2. The van der Waals surface area contributed by atoms with Crippen molar-refractivity contribution in [1.82, 2.24) is 4.72 Å². The number of sulfonamides is 1. The smallest absolute Gasteiger partial charge is 0.240 e. The number of hydrogen-bond acceptors (Lipinski definition) is 6. The third-order valence-corrected chi connectivity index (χ3v) is 5.34. The molecule has 0 aromatic heterocycles. The van der Waals surface area contributed by atoms with E-state index in [0.717, 1.165) is 12.2 Å². The van der Waals surface area contributed by atoms with Gasteiger partial charge >= 0.3 is 0 Å². The molecule has 1 aromatic carbocycles. The van der Waals surface area contributed by atoms with Crippen LogP contribution in [0.4, 0.5) is 0 Å². The van der Waals surface area contributed by atoms with Crippen LogP contribution in [-0.4, -0.2) is 51.4 Å². The number of aliphatic hydroxyl groups is 1. The fourth-order valence-corrected chi connectivity index (χ4v) is 3.75. The summed E-state index contributed by atoms with van der Waals surface area (Å²) in [5, 5.41) is 8.65. The van der Waals surface area contributed by atoms with Gasteiger partial charge in [-0.05, 0) is 24.3 Å². The molecule has 0 spiro atoms. The minimum atomic E-state index is -3.53. The molecule has 1 aromatic rings. The summed E-state index contributed by atoms with van der Waals surface area (Å²) < 4.78 is 37.6. The lowest BCUT2D eigenvalue weighted by Crippen LogP contribution is -2.26. The Morgan fingerprint density at radius 2 is 1.95 bits per heavy atom. The van der Waals surface area contributed by atoms with Crippen molar-refractivity contribution in [3.63, 3.8) is 0 Å². The Bertz CT molecular complexity index is 562. The maximum atomic E-state index is 12.2. The lowest BCUT2D eigenvalue weighted by Gasteiger charge is -2.18. The van der Waals surface area contributed by atoms with E-state index < -0.39 is 10.0 Å². The Morgan fingerprint density at radius 1 is 1.19 bits per heavy atom. The molecule has 0 bridgehead atoms.